The number of benzene rings is 1. The Kier molecular flexibility index (Phi) is 4.96. The third kappa shape index (κ3) is 6.28. The average molecular weight is 257 g/mol. The maximum atomic E-state index is 11.0. The fourth-order valence-electron chi connectivity index (χ4n) is 1.64. The van der Waals surface area contributed by atoms with Gasteiger partial charge in [-0.05, 0) is 37.6 Å². The number of rotatable bonds is 6. The van der Waals surface area contributed by atoms with E-state index in [0.29, 0.717) is 0 Å². The van der Waals surface area contributed by atoms with Crippen LogP contribution in [0.25, 0.3) is 0 Å². The van der Waals surface area contributed by atoms with Crippen LogP contribution in [-0.2, 0) is 16.3 Å². The number of hydrogen-bond acceptors (Lipinski definition) is 4. The van der Waals surface area contributed by atoms with E-state index in [2.05, 4.69) is 5.32 Å². The molecule has 0 heterocycles. The highest BCUT2D eigenvalue weighted by Crippen LogP contribution is 2.09. The monoisotopic (exact) mass is 257 g/mol. The van der Waals surface area contributed by atoms with Crippen molar-refractivity contribution in [1.29, 1.82) is 0 Å². The van der Waals surface area contributed by atoms with Crippen LogP contribution in [-0.4, -0.2) is 38.1 Å². The highest BCUT2D eigenvalue weighted by Gasteiger charge is 2.09. The average Bonchev–Trinajstić information content (AvgIpc) is 2.18. The van der Waals surface area contributed by atoms with Gasteiger partial charge in [-0.25, -0.2) is 8.42 Å². The molecule has 0 fully saturated rings. The number of phenolic OH excluding ortho intramolecular Hbond substituents is 1. The van der Waals surface area contributed by atoms with Crippen molar-refractivity contribution in [2.24, 2.45) is 0 Å². The number of phenols is 1. The molecule has 0 aliphatic heterocycles. The minimum absolute atomic E-state index is 0.0397. The molecule has 0 radical (unpaired) electrons. The van der Waals surface area contributed by atoms with Crippen LogP contribution in [0, 0.1) is 0 Å². The number of aromatic hydroxyl groups is 1. The van der Waals surface area contributed by atoms with E-state index in [1.165, 1.54) is 6.26 Å². The van der Waals surface area contributed by atoms with Gasteiger partial charge >= 0.3 is 0 Å². The zero-order chi connectivity index (χ0) is 12.9. The van der Waals surface area contributed by atoms with E-state index in [4.69, 9.17) is 5.11 Å². The van der Waals surface area contributed by atoms with Gasteiger partial charge in [-0.1, -0.05) is 12.1 Å². The molecule has 0 aliphatic rings. The Labute approximate surface area is 103 Å². The molecule has 5 heteroatoms. The lowest BCUT2D eigenvalue weighted by Gasteiger charge is -2.12. The molecule has 4 nitrogen and oxygen atoms in total. The van der Waals surface area contributed by atoms with Gasteiger partial charge in [-0.3, -0.25) is 0 Å². The van der Waals surface area contributed by atoms with E-state index in [1.54, 1.807) is 12.1 Å². The molecule has 0 aromatic heterocycles. The largest absolute Gasteiger partial charge is 0.508 e. The molecule has 1 aromatic carbocycles. The van der Waals surface area contributed by atoms with Crippen LogP contribution in [0.1, 0.15) is 12.5 Å². The molecular weight excluding hydrogens is 238 g/mol. The summed E-state index contributed by atoms with van der Waals surface area (Å²) in [7, 11) is -2.92. The van der Waals surface area contributed by atoms with E-state index in [0.717, 1.165) is 18.5 Å². The Hall–Kier alpha value is -1.07. The number of sulfone groups is 1. The summed E-state index contributed by atoms with van der Waals surface area (Å²) in [4.78, 5) is 0. The second-order valence-corrected chi connectivity index (χ2v) is 6.55. The van der Waals surface area contributed by atoms with Crippen LogP contribution in [0.3, 0.4) is 0 Å². The first-order valence-electron chi connectivity index (χ1n) is 5.56. The normalized spacial score (nSPS) is 13.5. The van der Waals surface area contributed by atoms with Gasteiger partial charge in [0.25, 0.3) is 0 Å². The molecule has 2 N–H and O–H groups in total. The zero-order valence-electron chi connectivity index (χ0n) is 10.2. The summed E-state index contributed by atoms with van der Waals surface area (Å²) in [5.41, 5.74) is 1.11. The lowest BCUT2D eigenvalue weighted by atomic mass is 10.1. The standard InChI is InChI=1S/C12H19NO3S/c1-10(9-17(2,15)16)13-8-7-11-3-5-12(14)6-4-11/h3-6,10,13-14H,7-9H2,1-2H3. The van der Waals surface area contributed by atoms with E-state index in [9.17, 15) is 8.42 Å². The SMILES string of the molecule is CC(CS(C)(=O)=O)NCCc1ccc(O)cc1. The fraction of sp³-hybridized carbons (Fsp3) is 0.500. The van der Waals surface area contributed by atoms with E-state index < -0.39 is 9.84 Å². The lowest BCUT2D eigenvalue weighted by Crippen LogP contribution is -2.34. The van der Waals surface area contributed by atoms with Crippen molar-refractivity contribution < 1.29 is 13.5 Å². The van der Waals surface area contributed by atoms with Gasteiger partial charge in [0.1, 0.15) is 15.6 Å². The summed E-state index contributed by atoms with van der Waals surface area (Å²) < 4.78 is 22.1. The van der Waals surface area contributed by atoms with Crippen LogP contribution < -0.4 is 5.32 Å². The molecule has 1 rings (SSSR count). The van der Waals surface area contributed by atoms with Crippen molar-refractivity contribution in [2.45, 2.75) is 19.4 Å². The highest BCUT2D eigenvalue weighted by molar-refractivity contribution is 7.90. The first-order chi connectivity index (χ1) is 7.87. The Morgan fingerprint density at radius 1 is 1.29 bits per heavy atom. The van der Waals surface area contributed by atoms with Gasteiger partial charge in [0.15, 0.2) is 0 Å². The molecule has 0 spiro atoms. The first-order valence-corrected chi connectivity index (χ1v) is 7.62. The second kappa shape index (κ2) is 6.02. The molecule has 17 heavy (non-hydrogen) atoms. The summed E-state index contributed by atoms with van der Waals surface area (Å²) in [6.07, 6.45) is 2.06. The maximum Gasteiger partial charge on any atom is 0.148 e. The third-order valence-corrected chi connectivity index (χ3v) is 3.50. The molecule has 0 amide bonds. The fourth-order valence-corrected chi connectivity index (χ4v) is 2.66. The Bertz CT molecular complexity index is 439. The topological polar surface area (TPSA) is 66.4 Å². The van der Waals surface area contributed by atoms with Gasteiger partial charge in [0.2, 0.25) is 0 Å². The van der Waals surface area contributed by atoms with Crippen molar-refractivity contribution in [3.63, 3.8) is 0 Å². The van der Waals surface area contributed by atoms with Crippen LogP contribution in [0.2, 0.25) is 0 Å². The maximum absolute atomic E-state index is 11.0. The van der Waals surface area contributed by atoms with Crippen molar-refractivity contribution in [2.75, 3.05) is 18.6 Å². The summed E-state index contributed by atoms with van der Waals surface area (Å²) in [5, 5.41) is 12.3. The predicted molar refractivity (Wildman–Crippen MR) is 69.0 cm³/mol. The van der Waals surface area contributed by atoms with Crippen LogP contribution in [0.15, 0.2) is 24.3 Å². The summed E-state index contributed by atoms with van der Waals surface area (Å²) >= 11 is 0. The van der Waals surface area contributed by atoms with Crippen molar-refractivity contribution in [3.05, 3.63) is 29.8 Å². The van der Waals surface area contributed by atoms with Gasteiger partial charge in [-0.2, -0.15) is 0 Å². The minimum atomic E-state index is -2.92. The van der Waals surface area contributed by atoms with Gasteiger partial charge < -0.3 is 10.4 Å². The molecule has 0 saturated heterocycles. The van der Waals surface area contributed by atoms with Crippen molar-refractivity contribution in [1.82, 2.24) is 5.32 Å². The minimum Gasteiger partial charge on any atom is -0.508 e. The van der Waals surface area contributed by atoms with E-state index in [-0.39, 0.29) is 17.5 Å². The smallest absolute Gasteiger partial charge is 0.148 e. The third-order valence-electron chi connectivity index (χ3n) is 2.40. The molecule has 1 atom stereocenters. The lowest BCUT2D eigenvalue weighted by molar-refractivity contribution is 0.475. The molecular formula is C12H19NO3S. The zero-order valence-corrected chi connectivity index (χ0v) is 11.0. The quantitative estimate of drug-likeness (QED) is 0.796. The Morgan fingerprint density at radius 3 is 2.41 bits per heavy atom. The van der Waals surface area contributed by atoms with Crippen molar-refractivity contribution in [3.8, 4) is 5.75 Å². The number of nitrogens with one attached hydrogen (secondary N) is 1. The van der Waals surface area contributed by atoms with E-state index in [1.807, 2.05) is 19.1 Å². The number of hydrogen-bond donors (Lipinski definition) is 2. The van der Waals surface area contributed by atoms with Crippen LogP contribution in [0.5, 0.6) is 5.75 Å². The van der Waals surface area contributed by atoms with Gasteiger partial charge in [0, 0.05) is 12.3 Å². The summed E-state index contributed by atoms with van der Waals surface area (Å²) in [5.74, 6) is 0.412. The summed E-state index contributed by atoms with van der Waals surface area (Å²) in [6.45, 7) is 2.58. The second-order valence-electron chi connectivity index (χ2n) is 4.36. The van der Waals surface area contributed by atoms with Crippen LogP contribution >= 0.6 is 0 Å². The molecule has 1 aromatic rings. The van der Waals surface area contributed by atoms with Gasteiger partial charge in [0.05, 0.1) is 5.75 Å². The van der Waals surface area contributed by atoms with Crippen LogP contribution in [0.4, 0.5) is 0 Å². The first kappa shape index (κ1) is 14.0. The van der Waals surface area contributed by atoms with E-state index >= 15 is 0 Å². The highest BCUT2D eigenvalue weighted by atomic mass is 32.2. The molecule has 0 bridgehead atoms. The van der Waals surface area contributed by atoms with Gasteiger partial charge in [-0.15, -0.1) is 0 Å². The predicted octanol–water partition coefficient (Wildman–Crippen LogP) is 0.957. The van der Waals surface area contributed by atoms with Crippen molar-refractivity contribution >= 4 is 9.84 Å². The summed E-state index contributed by atoms with van der Waals surface area (Å²) in [6, 6.07) is 6.98. The Balaban J connectivity index is 2.30. The Morgan fingerprint density at radius 2 is 1.88 bits per heavy atom. The molecule has 1 unspecified atom stereocenters. The molecule has 0 saturated carbocycles. The molecule has 96 valence electrons. The molecule has 0 aliphatic carbocycles.